The maximum absolute atomic E-state index is 12.5. The third-order valence-corrected chi connectivity index (χ3v) is 5.82. The highest BCUT2D eigenvalue weighted by Gasteiger charge is 2.22. The number of fused-ring (bicyclic) bond motifs is 2. The maximum atomic E-state index is 12.5. The molecule has 0 radical (unpaired) electrons. The van der Waals surface area contributed by atoms with Crippen molar-refractivity contribution in [1.29, 1.82) is 0 Å². The van der Waals surface area contributed by atoms with Crippen molar-refractivity contribution in [3.05, 3.63) is 64.7 Å². The number of benzene rings is 2. The number of amides is 1. The van der Waals surface area contributed by atoms with Crippen LogP contribution in [-0.2, 0) is 30.7 Å². The number of nitrogens with one attached hydrogen (secondary N) is 2. The molecule has 6 nitrogen and oxygen atoms in total. The average molecular weight is 548 g/mol. The monoisotopic (exact) mass is 548 g/mol. The van der Waals surface area contributed by atoms with Crippen molar-refractivity contribution in [2.45, 2.75) is 45.7 Å². The Morgan fingerprint density at radius 2 is 1.88 bits per heavy atom. The Kier molecular flexibility index (Phi) is 9.20. The highest BCUT2D eigenvalue weighted by Crippen LogP contribution is 2.26. The van der Waals surface area contributed by atoms with Gasteiger partial charge in [-0.1, -0.05) is 36.4 Å². The van der Waals surface area contributed by atoms with Crippen molar-refractivity contribution in [2.24, 2.45) is 4.99 Å². The summed E-state index contributed by atoms with van der Waals surface area (Å²) in [6, 6.07) is 14.8. The molecule has 172 valence electrons. The quantitative estimate of drug-likeness (QED) is 0.229. The summed E-state index contributed by atoms with van der Waals surface area (Å²) in [5.74, 6) is 2.05. The van der Waals surface area contributed by atoms with E-state index in [0.29, 0.717) is 13.0 Å². The molecule has 2 heterocycles. The third kappa shape index (κ3) is 6.37. The van der Waals surface area contributed by atoms with Crippen LogP contribution in [0.15, 0.2) is 47.5 Å². The highest BCUT2D eigenvalue weighted by atomic mass is 127. The molecule has 2 aromatic rings. The zero-order chi connectivity index (χ0) is 21.5. The fraction of sp³-hybridized carbons (Fsp3) is 0.440. The van der Waals surface area contributed by atoms with Crippen molar-refractivity contribution < 1.29 is 9.53 Å². The molecule has 7 heteroatoms. The number of carbonyl (C=O) groups excluding carboxylic acids is 1. The van der Waals surface area contributed by atoms with E-state index in [1.807, 2.05) is 17.0 Å². The van der Waals surface area contributed by atoms with Crippen LogP contribution in [0.3, 0.4) is 0 Å². The largest absolute Gasteiger partial charge is 0.493 e. The Hall–Kier alpha value is -2.29. The number of carbonyl (C=O) groups is 1. The Balaban J connectivity index is 0.00000289. The zero-order valence-corrected chi connectivity index (χ0v) is 21.1. The predicted octanol–water partition coefficient (Wildman–Crippen LogP) is 3.66. The SMILES string of the molecule is CCNC(=NCCCC(=O)N1Cc2ccccc2C1)NCCc1ccc2c(c1)CCO2.I. The van der Waals surface area contributed by atoms with Crippen molar-refractivity contribution in [1.82, 2.24) is 15.5 Å². The number of rotatable bonds is 8. The standard InChI is InChI=1S/C25H32N4O2.HI/c1-2-26-25(28-14-11-19-9-10-23-20(16-19)12-15-31-23)27-13-5-8-24(30)29-17-21-6-3-4-7-22(21)18-29;/h3-4,6-7,9-10,16H,2,5,8,11-15,17-18H2,1H3,(H2,26,27,28);1H. The fourth-order valence-corrected chi connectivity index (χ4v) is 4.15. The minimum Gasteiger partial charge on any atom is -0.493 e. The van der Waals surface area contributed by atoms with Gasteiger partial charge >= 0.3 is 0 Å². The van der Waals surface area contributed by atoms with Crippen molar-refractivity contribution in [3.63, 3.8) is 0 Å². The van der Waals surface area contributed by atoms with Crippen LogP contribution < -0.4 is 15.4 Å². The molecule has 0 fully saturated rings. The number of guanidine groups is 1. The smallest absolute Gasteiger partial charge is 0.223 e. The molecule has 2 N–H and O–H groups in total. The van der Waals surface area contributed by atoms with Crippen LogP contribution in [0, 0.1) is 0 Å². The predicted molar refractivity (Wildman–Crippen MR) is 139 cm³/mol. The molecule has 1 amide bonds. The van der Waals surface area contributed by atoms with E-state index in [1.54, 1.807) is 0 Å². The first-order valence-corrected chi connectivity index (χ1v) is 11.3. The van der Waals surface area contributed by atoms with Gasteiger partial charge in [-0.3, -0.25) is 9.79 Å². The van der Waals surface area contributed by atoms with Crippen LogP contribution >= 0.6 is 24.0 Å². The first-order valence-electron chi connectivity index (χ1n) is 11.3. The van der Waals surface area contributed by atoms with Crippen LogP contribution in [0.2, 0.25) is 0 Å². The van der Waals surface area contributed by atoms with Gasteiger partial charge in [0.25, 0.3) is 0 Å². The number of nitrogens with zero attached hydrogens (tertiary/aromatic N) is 2. The molecule has 0 unspecified atom stereocenters. The molecular weight excluding hydrogens is 515 g/mol. The summed E-state index contributed by atoms with van der Waals surface area (Å²) in [6.07, 6.45) is 3.23. The van der Waals surface area contributed by atoms with Gasteiger partial charge in [0.05, 0.1) is 6.61 Å². The minimum atomic E-state index is 0. The second-order valence-electron chi connectivity index (χ2n) is 8.10. The summed E-state index contributed by atoms with van der Waals surface area (Å²) < 4.78 is 5.58. The van der Waals surface area contributed by atoms with E-state index in [2.05, 4.69) is 52.9 Å². The topological polar surface area (TPSA) is 66.0 Å². The van der Waals surface area contributed by atoms with Gasteiger partial charge in [0.1, 0.15) is 5.75 Å². The molecule has 4 rings (SSSR count). The highest BCUT2D eigenvalue weighted by molar-refractivity contribution is 14.0. The summed E-state index contributed by atoms with van der Waals surface area (Å²) in [5, 5.41) is 6.69. The van der Waals surface area contributed by atoms with Crippen LogP contribution in [0.25, 0.3) is 0 Å². The average Bonchev–Trinajstić information content (AvgIpc) is 3.43. The summed E-state index contributed by atoms with van der Waals surface area (Å²) >= 11 is 0. The Morgan fingerprint density at radius 1 is 1.09 bits per heavy atom. The molecule has 2 aromatic carbocycles. The van der Waals surface area contributed by atoms with Gasteiger partial charge in [0, 0.05) is 45.6 Å². The molecule has 0 saturated heterocycles. The summed E-state index contributed by atoms with van der Waals surface area (Å²) in [7, 11) is 0. The van der Waals surface area contributed by atoms with Gasteiger partial charge in [0.2, 0.25) is 5.91 Å². The van der Waals surface area contributed by atoms with Gasteiger partial charge < -0.3 is 20.3 Å². The minimum absolute atomic E-state index is 0. The van der Waals surface area contributed by atoms with Gasteiger partial charge in [-0.25, -0.2) is 0 Å². The third-order valence-electron chi connectivity index (χ3n) is 5.82. The van der Waals surface area contributed by atoms with E-state index in [9.17, 15) is 4.79 Å². The van der Waals surface area contributed by atoms with Crippen LogP contribution in [0.5, 0.6) is 5.75 Å². The molecule has 0 atom stereocenters. The molecule has 2 aliphatic rings. The number of ether oxygens (including phenoxy) is 1. The number of halogens is 1. The van der Waals surface area contributed by atoms with E-state index in [0.717, 1.165) is 63.8 Å². The van der Waals surface area contributed by atoms with E-state index < -0.39 is 0 Å². The molecule has 0 aliphatic carbocycles. The molecule has 0 spiro atoms. The van der Waals surface area contributed by atoms with Gasteiger partial charge in [-0.15, -0.1) is 24.0 Å². The van der Waals surface area contributed by atoms with Crippen molar-refractivity contribution in [2.75, 3.05) is 26.2 Å². The second kappa shape index (κ2) is 12.1. The number of aliphatic imine (C=N–C) groups is 1. The van der Waals surface area contributed by atoms with E-state index in [4.69, 9.17) is 4.74 Å². The fourth-order valence-electron chi connectivity index (χ4n) is 4.15. The second-order valence-corrected chi connectivity index (χ2v) is 8.10. The summed E-state index contributed by atoms with van der Waals surface area (Å²) in [6.45, 7) is 6.59. The van der Waals surface area contributed by atoms with E-state index in [1.165, 1.54) is 22.3 Å². The number of hydrogen-bond donors (Lipinski definition) is 2. The lowest BCUT2D eigenvalue weighted by Crippen LogP contribution is -2.38. The first kappa shape index (κ1) is 24.4. The molecular formula is C25H33IN4O2. The van der Waals surface area contributed by atoms with Crippen molar-refractivity contribution in [3.8, 4) is 5.75 Å². The summed E-state index contributed by atoms with van der Waals surface area (Å²) in [4.78, 5) is 19.1. The Labute approximate surface area is 207 Å². The zero-order valence-electron chi connectivity index (χ0n) is 18.7. The van der Waals surface area contributed by atoms with E-state index in [-0.39, 0.29) is 29.9 Å². The normalized spacial score (nSPS) is 14.3. The lowest BCUT2D eigenvalue weighted by molar-refractivity contribution is -0.131. The first-order chi connectivity index (χ1) is 15.2. The molecule has 0 aromatic heterocycles. The molecule has 32 heavy (non-hydrogen) atoms. The Bertz CT molecular complexity index is 922. The Morgan fingerprint density at radius 3 is 2.62 bits per heavy atom. The summed E-state index contributed by atoms with van der Waals surface area (Å²) in [5.41, 5.74) is 5.15. The van der Waals surface area contributed by atoms with Crippen molar-refractivity contribution >= 4 is 35.8 Å². The van der Waals surface area contributed by atoms with E-state index >= 15 is 0 Å². The molecule has 2 aliphatic heterocycles. The van der Waals surface area contributed by atoms with Gasteiger partial charge in [-0.05, 0) is 48.1 Å². The maximum Gasteiger partial charge on any atom is 0.223 e. The molecule has 0 saturated carbocycles. The molecule has 0 bridgehead atoms. The number of hydrogen-bond acceptors (Lipinski definition) is 3. The van der Waals surface area contributed by atoms with Crippen LogP contribution in [-0.4, -0.2) is 43.0 Å². The van der Waals surface area contributed by atoms with Crippen LogP contribution in [0.1, 0.15) is 42.0 Å². The van der Waals surface area contributed by atoms with Crippen LogP contribution in [0.4, 0.5) is 0 Å². The van der Waals surface area contributed by atoms with Gasteiger partial charge in [0.15, 0.2) is 5.96 Å². The lowest BCUT2D eigenvalue weighted by atomic mass is 10.1. The lowest BCUT2D eigenvalue weighted by Gasteiger charge is -2.15. The van der Waals surface area contributed by atoms with Gasteiger partial charge in [-0.2, -0.15) is 0 Å².